The van der Waals surface area contributed by atoms with Crippen molar-refractivity contribution in [2.24, 2.45) is 0 Å². The third-order valence-electron chi connectivity index (χ3n) is 1.92. The van der Waals surface area contributed by atoms with Crippen LogP contribution in [0.3, 0.4) is 0 Å². The Morgan fingerprint density at radius 3 is 3.08 bits per heavy atom. The van der Waals surface area contributed by atoms with Gasteiger partial charge in [-0.2, -0.15) is 0 Å². The van der Waals surface area contributed by atoms with Crippen LogP contribution in [-0.2, 0) is 14.3 Å². The minimum absolute atomic E-state index is 0.0478. The smallest absolute Gasteiger partial charge is 0.322 e. The SMILES string of the molecule is COC(=O)[C@@H]1C[C@H](NC=O)CN1. The molecule has 0 bridgehead atoms. The molecule has 1 amide bonds. The highest BCUT2D eigenvalue weighted by Gasteiger charge is 2.29. The van der Waals surface area contributed by atoms with E-state index in [4.69, 9.17) is 0 Å². The molecule has 1 heterocycles. The highest BCUT2D eigenvalue weighted by molar-refractivity contribution is 5.76. The number of carbonyl (C=O) groups excluding carboxylic acids is 2. The predicted octanol–water partition coefficient (Wildman–Crippen LogP) is -1.36. The van der Waals surface area contributed by atoms with Crippen molar-refractivity contribution in [3.63, 3.8) is 0 Å². The lowest BCUT2D eigenvalue weighted by molar-refractivity contribution is -0.142. The Kier molecular flexibility index (Phi) is 3.04. The van der Waals surface area contributed by atoms with Crippen molar-refractivity contribution in [2.75, 3.05) is 13.7 Å². The van der Waals surface area contributed by atoms with E-state index < -0.39 is 0 Å². The van der Waals surface area contributed by atoms with Gasteiger partial charge in [-0.1, -0.05) is 0 Å². The quantitative estimate of drug-likeness (QED) is 0.407. The van der Waals surface area contributed by atoms with E-state index in [2.05, 4.69) is 15.4 Å². The van der Waals surface area contributed by atoms with Gasteiger partial charge in [0.1, 0.15) is 6.04 Å². The second-order valence-electron chi connectivity index (χ2n) is 2.70. The Balaban J connectivity index is 2.34. The van der Waals surface area contributed by atoms with Gasteiger partial charge >= 0.3 is 5.97 Å². The van der Waals surface area contributed by atoms with Crippen LogP contribution in [0.2, 0.25) is 0 Å². The fraction of sp³-hybridized carbons (Fsp3) is 0.714. The molecule has 5 nitrogen and oxygen atoms in total. The number of esters is 1. The summed E-state index contributed by atoms with van der Waals surface area (Å²) in [5.74, 6) is -0.273. The summed E-state index contributed by atoms with van der Waals surface area (Å²) in [6.07, 6.45) is 1.25. The summed E-state index contributed by atoms with van der Waals surface area (Å²) in [7, 11) is 1.35. The molecule has 68 valence electrons. The van der Waals surface area contributed by atoms with Crippen molar-refractivity contribution < 1.29 is 14.3 Å². The van der Waals surface area contributed by atoms with Crippen LogP contribution < -0.4 is 10.6 Å². The third kappa shape index (κ3) is 1.94. The zero-order valence-corrected chi connectivity index (χ0v) is 6.87. The van der Waals surface area contributed by atoms with Gasteiger partial charge in [-0.3, -0.25) is 9.59 Å². The fourth-order valence-electron chi connectivity index (χ4n) is 1.28. The standard InChI is InChI=1S/C7H12N2O3/c1-12-7(11)6-2-5(3-8-6)9-4-10/h4-6,8H,2-3H2,1H3,(H,9,10)/t5-,6-/m0/s1. The second kappa shape index (κ2) is 4.06. The second-order valence-corrected chi connectivity index (χ2v) is 2.70. The van der Waals surface area contributed by atoms with Crippen LogP contribution in [-0.4, -0.2) is 38.1 Å². The van der Waals surface area contributed by atoms with Crippen molar-refractivity contribution >= 4 is 12.4 Å². The van der Waals surface area contributed by atoms with Crippen molar-refractivity contribution in [1.82, 2.24) is 10.6 Å². The Labute approximate surface area is 70.5 Å². The number of ether oxygens (including phenoxy) is 1. The highest BCUT2D eigenvalue weighted by atomic mass is 16.5. The maximum Gasteiger partial charge on any atom is 0.322 e. The molecule has 0 radical (unpaired) electrons. The molecule has 0 aromatic carbocycles. The minimum atomic E-state index is -0.273. The molecule has 1 aliphatic heterocycles. The molecular formula is C7H12N2O3. The normalized spacial score (nSPS) is 28.1. The van der Waals surface area contributed by atoms with E-state index in [0.29, 0.717) is 19.4 Å². The molecule has 0 aromatic heterocycles. The van der Waals surface area contributed by atoms with Gasteiger partial charge < -0.3 is 15.4 Å². The average molecular weight is 172 g/mol. The van der Waals surface area contributed by atoms with Crippen LogP contribution in [0.15, 0.2) is 0 Å². The highest BCUT2D eigenvalue weighted by Crippen LogP contribution is 2.06. The van der Waals surface area contributed by atoms with Gasteiger partial charge in [0, 0.05) is 12.6 Å². The fourth-order valence-corrected chi connectivity index (χ4v) is 1.28. The van der Waals surface area contributed by atoms with Crippen LogP contribution in [0.25, 0.3) is 0 Å². The van der Waals surface area contributed by atoms with Gasteiger partial charge in [-0.15, -0.1) is 0 Å². The molecule has 5 heteroatoms. The number of carbonyl (C=O) groups is 2. The van der Waals surface area contributed by atoms with Gasteiger partial charge in [0.25, 0.3) is 0 Å². The molecule has 1 saturated heterocycles. The van der Waals surface area contributed by atoms with Crippen molar-refractivity contribution in [3.8, 4) is 0 Å². The van der Waals surface area contributed by atoms with E-state index in [-0.39, 0.29) is 18.1 Å². The van der Waals surface area contributed by atoms with E-state index in [0.717, 1.165) is 0 Å². The van der Waals surface area contributed by atoms with Crippen molar-refractivity contribution in [2.45, 2.75) is 18.5 Å². The summed E-state index contributed by atoms with van der Waals surface area (Å²) in [6.45, 7) is 0.624. The van der Waals surface area contributed by atoms with E-state index in [1.54, 1.807) is 0 Å². The number of methoxy groups -OCH3 is 1. The molecule has 1 rings (SSSR count). The maximum absolute atomic E-state index is 11.0. The summed E-state index contributed by atoms with van der Waals surface area (Å²) in [5, 5.41) is 5.55. The van der Waals surface area contributed by atoms with Crippen LogP contribution >= 0.6 is 0 Å². The number of rotatable bonds is 3. The molecule has 0 saturated carbocycles. The molecule has 2 atom stereocenters. The predicted molar refractivity (Wildman–Crippen MR) is 41.4 cm³/mol. The van der Waals surface area contributed by atoms with E-state index in [1.807, 2.05) is 0 Å². The lowest BCUT2D eigenvalue weighted by Crippen LogP contribution is -2.31. The van der Waals surface area contributed by atoms with E-state index in [9.17, 15) is 9.59 Å². The number of amides is 1. The summed E-state index contributed by atoms with van der Waals surface area (Å²) < 4.78 is 4.54. The number of nitrogens with one attached hydrogen (secondary N) is 2. The molecule has 1 aliphatic rings. The van der Waals surface area contributed by atoms with Gasteiger partial charge in [-0.05, 0) is 6.42 Å². The average Bonchev–Trinajstić information content (AvgIpc) is 2.52. The molecule has 0 aromatic rings. The third-order valence-corrected chi connectivity index (χ3v) is 1.92. The van der Waals surface area contributed by atoms with Gasteiger partial charge in [0.2, 0.25) is 6.41 Å². The Morgan fingerprint density at radius 1 is 1.75 bits per heavy atom. The zero-order valence-electron chi connectivity index (χ0n) is 6.87. The Morgan fingerprint density at radius 2 is 2.50 bits per heavy atom. The lowest BCUT2D eigenvalue weighted by atomic mass is 10.2. The molecule has 0 aliphatic carbocycles. The van der Waals surface area contributed by atoms with Crippen LogP contribution in [0.5, 0.6) is 0 Å². The van der Waals surface area contributed by atoms with Crippen LogP contribution in [0.4, 0.5) is 0 Å². The zero-order chi connectivity index (χ0) is 8.97. The van der Waals surface area contributed by atoms with Crippen LogP contribution in [0.1, 0.15) is 6.42 Å². The largest absolute Gasteiger partial charge is 0.468 e. The van der Waals surface area contributed by atoms with Crippen molar-refractivity contribution in [3.05, 3.63) is 0 Å². The maximum atomic E-state index is 11.0. The number of hydrogen-bond acceptors (Lipinski definition) is 4. The lowest BCUT2D eigenvalue weighted by Gasteiger charge is -2.06. The molecular weight excluding hydrogens is 160 g/mol. The first-order chi connectivity index (χ1) is 5.77. The summed E-state index contributed by atoms with van der Waals surface area (Å²) in [4.78, 5) is 21.0. The monoisotopic (exact) mass is 172 g/mol. The summed E-state index contributed by atoms with van der Waals surface area (Å²) in [6, 6.07) is -0.223. The Hall–Kier alpha value is -1.10. The molecule has 12 heavy (non-hydrogen) atoms. The first-order valence-corrected chi connectivity index (χ1v) is 3.79. The van der Waals surface area contributed by atoms with Crippen LogP contribution in [0, 0.1) is 0 Å². The first kappa shape index (κ1) is 8.99. The minimum Gasteiger partial charge on any atom is -0.468 e. The summed E-state index contributed by atoms with van der Waals surface area (Å²) in [5.41, 5.74) is 0. The van der Waals surface area contributed by atoms with E-state index >= 15 is 0 Å². The van der Waals surface area contributed by atoms with E-state index in [1.165, 1.54) is 7.11 Å². The van der Waals surface area contributed by atoms with Gasteiger partial charge in [-0.25, -0.2) is 0 Å². The first-order valence-electron chi connectivity index (χ1n) is 3.79. The Bertz CT molecular complexity index is 183. The van der Waals surface area contributed by atoms with Gasteiger partial charge in [0.05, 0.1) is 7.11 Å². The molecule has 0 spiro atoms. The number of hydrogen-bond donors (Lipinski definition) is 2. The molecule has 1 fully saturated rings. The summed E-state index contributed by atoms with van der Waals surface area (Å²) >= 11 is 0. The molecule has 0 unspecified atom stereocenters. The topological polar surface area (TPSA) is 67.4 Å². The van der Waals surface area contributed by atoms with Crippen molar-refractivity contribution in [1.29, 1.82) is 0 Å². The van der Waals surface area contributed by atoms with Gasteiger partial charge in [0.15, 0.2) is 0 Å². The molecule has 2 N–H and O–H groups in total.